The van der Waals surface area contributed by atoms with Crippen molar-refractivity contribution in [1.82, 2.24) is 4.90 Å². The van der Waals surface area contributed by atoms with Gasteiger partial charge in [-0.05, 0) is 117 Å². The lowest BCUT2D eigenvalue weighted by atomic mass is 9.98. The van der Waals surface area contributed by atoms with Gasteiger partial charge in [0.05, 0.1) is 0 Å². The topological polar surface area (TPSA) is 82.1 Å². The van der Waals surface area contributed by atoms with Crippen LogP contribution in [0.2, 0.25) is 0 Å². The molecule has 0 N–H and O–H groups in total. The Labute approximate surface area is 231 Å². The lowest BCUT2D eigenvalue weighted by Gasteiger charge is -2.22. The summed E-state index contributed by atoms with van der Waals surface area (Å²) in [5.74, 6) is -0.255. The van der Waals surface area contributed by atoms with Gasteiger partial charge in [-0.15, -0.1) is 0 Å². The highest BCUT2D eigenvalue weighted by Crippen LogP contribution is 2.23. The summed E-state index contributed by atoms with van der Waals surface area (Å²) in [6, 6.07) is 0. The van der Waals surface area contributed by atoms with Crippen molar-refractivity contribution in [2.75, 3.05) is 20.6 Å². The highest BCUT2D eigenvalue weighted by atomic mass is 16.6. The van der Waals surface area contributed by atoms with Gasteiger partial charge in [-0.2, -0.15) is 0 Å². The number of unbranched alkanes of at least 4 members (excludes halogenated alkanes) is 4. The smallest absolute Gasteiger partial charge is 0.306 e. The SMILES string of the molecule is CN(C)CCCC(=O)OC(CCCCCC(=O)OC1CCCCC1)CCCCCC(=O)OC1CCCCC1. The van der Waals surface area contributed by atoms with Gasteiger partial charge in [-0.1, -0.05) is 25.7 Å². The molecule has 0 bridgehead atoms. The van der Waals surface area contributed by atoms with Gasteiger partial charge in [-0.25, -0.2) is 0 Å². The van der Waals surface area contributed by atoms with Gasteiger partial charge in [0.2, 0.25) is 0 Å². The minimum Gasteiger partial charge on any atom is -0.462 e. The molecule has 2 rings (SSSR count). The molecule has 0 heterocycles. The van der Waals surface area contributed by atoms with Crippen molar-refractivity contribution in [3.63, 3.8) is 0 Å². The summed E-state index contributed by atoms with van der Waals surface area (Å²) in [5, 5.41) is 0. The van der Waals surface area contributed by atoms with Gasteiger partial charge in [0.15, 0.2) is 0 Å². The van der Waals surface area contributed by atoms with Crippen LogP contribution in [0.5, 0.6) is 0 Å². The Morgan fingerprint density at radius 2 is 1.05 bits per heavy atom. The molecule has 0 aromatic carbocycles. The molecule has 38 heavy (non-hydrogen) atoms. The van der Waals surface area contributed by atoms with E-state index in [1.165, 1.54) is 12.8 Å². The van der Waals surface area contributed by atoms with Crippen LogP contribution < -0.4 is 0 Å². The Morgan fingerprint density at radius 1 is 0.605 bits per heavy atom. The molecule has 2 aliphatic rings. The number of carbonyl (C=O) groups is 3. The molecule has 0 saturated heterocycles. The van der Waals surface area contributed by atoms with E-state index in [4.69, 9.17) is 14.2 Å². The first-order valence-corrected chi connectivity index (χ1v) is 15.7. The van der Waals surface area contributed by atoms with Gasteiger partial charge < -0.3 is 19.1 Å². The summed E-state index contributed by atoms with van der Waals surface area (Å²) in [4.78, 5) is 38.8. The fourth-order valence-electron chi connectivity index (χ4n) is 5.54. The summed E-state index contributed by atoms with van der Waals surface area (Å²) >= 11 is 0. The van der Waals surface area contributed by atoms with Crippen molar-refractivity contribution in [2.24, 2.45) is 0 Å². The molecule has 7 heteroatoms. The highest BCUT2D eigenvalue weighted by Gasteiger charge is 2.19. The molecule has 0 amide bonds. The Bertz CT molecular complexity index is 613. The zero-order valence-corrected chi connectivity index (χ0v) is 24.4. The number of rotatable bonds is 19. The summed E-state index contributed by atoms with van der Waals surface area (Å²) in [6.45, 7) is 0.869. The maximum atomic E-state index is 12.4. The van der Waals surface area contributed by atoms with E-state index in [2.05, 4.69) is 4.90 Å². The summed E-state index contributed by atoms with van der Waals surface area (Å²) in [7, 11) is 4.01. The van der Waals surface area contributed by atoms with Crippen LogP contribution in [0.15, 0.2) is 0 Å². The average Bonchev–Trinajstić information content (AvgIpc) is 2.89. The summed E-state index contributed by atoms with van der Waals surface area (Å²) < 4.78 is 17.1. The minimum absolute atomic E-state index is 0.0669. The molecule has 0 unspecified atom stereocenters. The normalized spacial score (nSPS) is 17.1. The maximum Gasteiger partial charge on any atom is 0.306 e. The van der Waals surface area contributed by atoms with Crippen molar-refractivity contribution in [3.05, 3.63) is 0 Å². The Morgan fingerprint density at radius 3 is 1.50 bits per heavy atom. The largest absolute Gasteiger partial charge is 0.462 e. The first-order chi connectivity index (χ1) is 18.4. The second kappa shape index (κ2) is 20.3. The first kappa shape index (κ1) is 32.6. The quantitative estimate of drug-likeness (QED) is 0.101. The molecule has 2 saturated carbocycles. The van der Waals surface area contributed by atoms with Crippen LogP contribution in [0.3, 0.4) is 0 Å². The van der Waals surface area contributed by atoms with Crippen LogP contribution in [0, 0.1) is 0 Å². The van der Waals surface area contributed by atoms with Crippen LogP contribution in [0.4, 0.5) is 0 Å². The van der Waals surface area contributed by atoms with Crippen molar-refractivity contribution >= 4 is 17.9 Å². The Hall–Kier alpha value is -1.63. The number of ether oxygens (including phenoxy) is 3. The molecule has 0 atom stereocenters. The van der Waals surface area contributed by atoms with Gasteiger partial charge in [0.1, 0.15) is 18.3 Å². The molecular formula is C31H55NO6. The van der Waals surface area contributed by atoms with E-state index >= 15 is 0 Å². The second-order valence-corrected chi connectivity index (χ2v) is 11.7. The number of nitrogens with zero attached hydrogens (tertiary/aromatic N) is 1. The number of carbonyl (C=O) groups excluding carboxylic acids is 3. The van der Waals surface area contributed by atoms with E-state index in [1.807, 2.05) is 14.1 Å². The van der Waals surface area contributed by atoms with Crippen LogP contribution in [-0.2, 0) is 28.6 Å². The molecule has 0 aromatic heterocycles. The van der Waals surface area contributed by atoms with Gasteiger partial charge in [0.25, 0.3) is 0 Å². The molecule has 0 aliphatic heterocycles. The second-order valence-electron chi connectivity index (χ2n) is 11.7. The van der Waals surface area contributed by atoms with Crippen molar-refractivity contribution in [3.8, 4) is 0 Å². The van der Waals surface area contributed by atoms with E-state index < -0.39 is 0 Å². The molecule has 2 aliphatic carbocycles. The van der Waals surface area contributed by atoms with Crippen LogP contribution >= 0.6 is 0 Å². The van der Waals surface area contributed by atoms with E-state index in [9.17, 15) is 14.4 Å². The Balaban J connectivity index is 1.61. The van der Waals surface area contributed by atoms with Crippen molar-refractivity contribution in [2.45, 2.75) is 160 Å². The van der Waals surface area contributed by atoms with E-state index in [0.717, 1.165) is 116 Å². The lowest BCUT2D eigenvalue weighted by Crippen LogP contribution is -2.21. The molecule has 0 spiro atoms. The zero-order chi connectivity index (χ0) is 27.4. The number of hydrogen-bond donors (Lipinski definition) is 0. The maximum absolute atomic E-state index is 12.4. The Kier molecular flexibility index (Phi) is 17.4. The van der Waals surface area contributed by atoms with E-state index in [0.29, 0.717) is 19.3 Å². The van der Waals surface area contributed by atoms with Gasteiger partial charge in [-0.3, -0.25) is 14.4 Å². The predicted molar refractivity (Wildman–Crippen MR) is 150 cm³/mol. The summed E-state index contributed by atoms with van der Waals surface area (Å²) in [6.07, 6.45) is 20.5. The van der Waals surface area contributed by atoms with E-state index in [-0.39, 0.29) is 36.2 Å². The molecular weight excluding hydrogens is 482 g/mol. The van der Waals surface area contributed by atoms with Crippen molar-refractivity contribution < 1.29 is 28.6 Å². The summed E-state index contributed by atoms with van der Waals surface area (Å²) in [5.41, 5.74) is 0. The fourth-order valence-corrected chi connectivity index (χ4v) is 5.54. The van der Waals surface area contributed by atoms with Crippen LogP contribution in [0.1, 0.15) is 141 Å². The average molecular weight is 538 g/mol. The fraction of sp³-hybridized carbons (Fsp3) is 0.903. The van der Waals surface area contributed by atoms with Gasteiger partial charge in [0, 0.05) is 19.3 Å². The molecule has 2 fully saturated rings. The highest BCUT2D eigenvalue weighted by molar-refractivity contribution is 5.70. The zero-order valence-electron chi connectivity index (χ0n) is 24.4. The molecule has 0 aromatic rings. The number of esters is 3. The molecule has 220 valence electrons. The third-order valence-corrected chi connectivity index (χ3v) is 7.80. The monoisotopic (exact) mass is 537 g/mol. The molecule has 0 radical (unpaired) electrons. The first-order valence-electron chi connectivity index (χ1n) is 15.7. The minimum atomic E-state index is -0.121. The lowest BCUT2D eigenvalue weighted by molar-refractivity contribution is -0.151. The predicted octanol–water partition coefficient (Wildman–Crippen LogP) is 6.89. The standard InChI is InChI=1S/C31H55NO6/c1-32(2)25-15-24-31(35)38-28(20-11-5-13-22-29(33)36-26-16-7-3-8-17-26)21-12-6-14-23-30(34)37-27-18-9-4-10-19-27/h26-28H,3-25H2,1-2H3. The third kappa shape index (κ3) is 16.4. The molecule has 7 nitrogen and oxygen atoms in total. The van der Waals surface area contributed by atoms with Crippen molar-refractivity contribution in [1.29, 1.82) is 0 Å². The van der Waals surface area contributed by atoms with E-state index in [1.54, 1.807) is 0 Å². The number of hydrogen-bond acceptors (Lipinski definition) is 7. The van der Waals surface area contributed by atoms with Crippen LogP contribution in [-0.4, -0.2) is 61.8 Å². The third-order valence-electron chi connectivity index (χ3n) is 7.80. The van der Waals surface area contributed by atoms with Gasteiger partial charge >= 0.3 is 17.9 Å². The van der Waals surface area contributed by atoms with Crippen LogP contribution in [0.25, 0.3) is 0 Å².